The van der Waals surface area contributed by atoms with Crippen LogP contribution < -0.4 is 5.73 Å². The normalized spacial score (nSPS) is 15.1. The molecule has 0 spiro atoms. The van der Waals surface area contributed by atoms with Gasteiger partial charge in [-0.3, -0.25) is 0 Å². The summed E-state index contributed by atoms with van der Waals surface area (Å²) in [5.41, 5.74) is 6.87. The van der Waals surface area contributed by atoms with Crippen molar-refractivity contribution in [3.05, 3.63) is 22.8 Å². The van der Waals surface area contributed by atoms with Crippen molar-refractivity contribution in [2.24, 2.45) is 5.92 Å². The van der Waals surface area contributed by atoms with Gasteiger partial charge in [0.1, 0.15) is 5.82 Å². The maximum atomic E-state index is 5.89. The van der Waals surface area contributed by atoms with Crippen LogP contribution in [-0.2, 0) is 0 Å². The molecule has 0 saturated heterocycles. The smallest absolute Gasteiger partial charge is 0.126 e. The minimum Gasteiger partial charge on any atom is -0.383 e. The Labute approximate surface area is 90.5 Å². The molecule has 0 saturated carbocycles. The molecule has 0 aliphatic heterocycles. The molecule has 0 radical (unpaired) electrons. The molecular formula is C11H17ClN2. The van der Waals surface area contributed by atoms with Crippen LogP contribution in [0.2, 0.25) is 5.02 Å². The number of anilines is 1. The zero-order valence-corrected chi connectivity index (χ0v) is 9.67. The predicted molar refractivity (Wildman–Crippen MR) is 61.5 cm³/mol. The number of aromatic nitrogens is 1. The lowest BCUT2D eigenvalue weighted by Crippen LogP contribution is -2.08. The molecule has 2 nitrogen and oxygen atoms in total. The Kier molecular flexibility index (Phi) is 3.76. The molecule has 2 N–H and O–H groups in total. The largest absolute Gasteiger partial charge is 0.383 e. The van der Waals surface area contributed by atoms with Crippen molar-refractivity contribution >= 4 is 17.4 Å². The summed E-state index contributed by atoms with van der Waals surface area (Å²) in [4.78, 5) is 4.06. The Morgan fingerprint density at radius 2 is 2.14 bits per heavy atom. The molecule has 2 atom stereocenters. The third kappa shape index (κ3) is 2.38. The summed E-state index contributed by atoms with van der Waals surface area (Å²) in [6, 6.07) is 1.92. The lowest BCUT2D eigenvalue weighted by Gasteiger charge is -2.19. The van der Waals surface area contributed by atoms with E-state index in [4.69, 9.17) is 17.3 Å². The number of hydrogen-bond donors (Lipinski definition) is 1. The molecule has 0 fully saturated rings. The van der Waals surface area contributed by atoms with Gasteiger partial charge in [-0.1, -0.05) is 38.8 Å². The van der Waals surface area contributed by atoms with Crippen LogP contribution in [0.5, 0.6) is 0 Å². The van der Waals surface area contributed by atoms with Crippen LogP contribution in [-0.4, -0.2) is 4.98 Å². The third-order valence-electron chi connectivity index (χ3n) is 2.90. The van der Waals surface area contributed by atoms with Crippen LogP contribution >= 0.6 is 11.6 Å². The van der Waals surface area contributed by atoms with Crippen LogP contribution in [0.15, 0.2) is 12.3 Å². The van der Waals surface area contributed by atoms with Crippen molar-refractivity contribution in [2.45, 2.75) is 33.1 Å². The fourth-order valence-corrected chi connectivity index (χ4v) is 1.66. The van der Waals surface area contributed by atoms with E-state index in [1.165, 1.54) is 0 Å². The van der Waals surface area contributed by atoms with Gasteiger partial charge in [0.15, 0.2) is 0 Å². The van der Waals surface area contributed by atoms with E-state index < -0.39 is 0 Å². The molecule has 78 valence electrons. The summed E-state index contributed by atoms with van der Waals surface area (Å²) in [5, 5.41) is 0.657. The van der Waals surface area contributed by atoms with Gasteiger partial charge in [-0.05, 0) is 23.5 Å². The predicted octanol–water partition coefficient (Wildman–Crippen LogP) is 3.47. The maximum absolute atomic E-state index is 5.89. The molecular weight excluding hydrogens is 196 g/mol. The molecule has 0 aliphatic carbocycles. The van der Waals surface area contributed by atoms with Gasteiger partial charge in [0.25, 0.3) is 0 Å². The highest BCUT2D eigenvalue weighted by atomic mass is 35.5. The molecule has 1 rings (SSSR count). The van der Waals surface area contributed by atoms with Crippen LogP contribution in [0.3, 0.4) is 0 Å². The zero-order valence-electron chi connectivity index (χ0n) is 8.92. The highest BCUT2D eigenvalue weighted by Crippen LogP contribution is 2.30. The van der Waals surface area contributed by atoms with Gasteiger partial charge in [0.05, 0.1) is 5.02 Å². The first-order chi connectivity index (χ1) is 6.56. The van der Waals surface area contributed by atoms with Gasteiger partial charge >= 0.3 is 0 Å². The van der Waals surface area contributed by atoms with E-state index in [2.05, 4.69) is 25.8 Å². The van der Waals surface area contributed by atoms with Crippen molar-refractivity contribution in [1.82, 2.24) is 4.98 Å². The van der Waals surface area contributed by atoms with Crippen molar-refractivity contribution in [1.29, 1.82) is 0 Å². The minimum absolute atomic E-state index is 0.409. The summed E-state index contributed by atoms with van der Waals surface area (Å²) < 4.78 is 0. The van der Waals surface area contributed by atoms with E-state index in [0.717, 1.165) is 12.0 Å². The highest BCUT2D eigenvalue weighted by molar-refractivity contribution is 6.30. The van der Waals surface area contributed by atoms with E-state index in [1.807, 2.05) is 6.07 Å². The lowest BCUT2D eigenvalue weighted by molar-refractivity contribution is 0.473. The van der Waals surface area contributed by atoms with Crippen LogP contribution in [0, 0.1) is 5.92 Å². The second-order valence-corrected chi connectivity index (χ2v) is 4.24. The molecule has 1 heterocycles. The molecule has 14 heavy (non-hydrogen) atoms. The van der Waals surface area contributed by atoms with Gasteiger partial charge < -0.3 is 5.73 Å². The Bertz CT molecular complexity index is 312. The van der Waals surface area contributed by atoms with Crippen molar-refractivity contribution in [3.8, 4) is 0 Å². The van der Waals surface area contributed by atoms with Crippen LogP contribution in [0.1, 0.15) is 38.7 Å². The molecule has 0 bridgehead atoms. The number of nitrogen functional groups attached to an aromatic ring is 1. The van der Waals surface area contributed by atoms with Gasteiger partial charge in [0, 0.05) is 6.20 Å². The monoisotopic (exact) mass is 212 g/mol. The van der Waals surface area contributed by atoms with E-state index in [0.29, 0.717) is 22.7 Å². The number of rotatable bonds is 3. The fraction of sp³-hybridized carbons (Fsp3) is 0.545. The summed E-state index contributed by atoms with van der Waals surface area (Å²) in [6.07, 6.45) is 2.72. The summed E-state index contributed by atoms with van der Waals surface area (Å²) in [7, 11) is 0. The van der Waals surface area contributed by atoms with E-state index >= 15 is 0 Å². The van der Waals surface area contributed by atoms with E-state index in [-0.39, 0.29) is 0 Å². The number of hydrogen-bond acceptors (Lipinski definition) is 2. The Morgan fingerprint density at radius 3 is 2.71 bits per heavy atom. The molecule has 2 unspecified atom stereocenters. The first-order valence-electron chi connectivity index (χ1n) is 4.97. The fourth-order valence-electron chi connectivity index (χ4n) is 1.49. The summed E-state index contributed by atoms with van der Waals surface area (Å²) in [5.74, 6) is 1.60. The van der Waals surface area contributed by atoms with Gasteiger partial charge in [-0.15, -0.1) is 0 Å². The molecule has 1 aromatic rings. The molecule has 0 aromatic carbocycles. The Hall–Kier alpha value is -0.760. The molecule has 3 heteroatoms. The minimum atomic E-state index is 0.409. The van der Waals surface area contributed by atoms with Crippen LogP contribution in [0.4, 0.5) is 5.82 Å². The summed E-state index contributed by atoms with van der Waals surface area (Å²) >= 11 is 5.89. The second kappa shape index (κ2) is 4.65. The number of pyridine rings is 1. The van der Waals surface area contributed by atoms with Gasteiger partial charge in [0.2, 0.25) is 0 Å². The average molecular weight is 213 g/mol. The first kappa shape index (κ1) is 11.3. The highest BCUT2D eigenvalue weighted by Gasteiger charge is 2.16. The van der Waals surface area contributed by atoms with Gasteiger partial charge in [-0.25, -0.2) is 4.98 Å². The number of halogens is 1. The lowest BCUT2D eigenvalue weighted by atomic mass is 9.87. The third-order valence-corrected chi connectivity index (χ3v) is 3.11. The quantitative estimate of drug-likeness (QED) is 0.834. The van der Waals surface area contributed by atoms with Crippen LogP contribution in [0.25, 0.3) is 0 Å². The molecule has 0 aliphatic rings. The Morgan fingerprint density at radius 1 is 1.50 bits per heavy atom. The number of nitrogens with two attached hydrogens (primary N) is 1. The molecule has 0 amide bonds. The Balaban J connectivity index is 2.99. The topological polar surface area (TPSA) is 38.9 Å². The van der Waals surface area contributed by atoms with Crippen molar-refractivity contribution < 1.29 is 0 Å². The SMILES string of the molecule is CCC(C)C(C)c1cc(Cl)cnc1N. The second-order valence-electron chi connectivity index (χ2n) is 3.80. The van der Waals surface area contributed by atoms with Gasteiger partial charge in [-0.2, -0.15) is 0 Å². The van der Waals surface area contributed by atoms with E-state index in [1.54, 1.807) is 6.20 Å². The van der Waals surface area contributed by atoms with E-state index in [9.17, 15) is 0 Å². The first-order valence-corrected chi connectivity index (χ1v) is 5.35. The maximum Gasteiger partial charge on any atom is 0.126 e. The zero-order chi connectivity index (χ0) is 10.7. The van der Waals surface area contributed by atoms with Crippen molar-refractivity contribution in [3.63, 3.8) is 0 Å². The van der Waals surface area contributed by atoms with Crippen molar-refractivity contribution in [2.75, 3.05) is 5.73 Å². The summed E-state index contributed by atoms with van der Waals surface area (Å²) in [6.45, 7) is 6.55. The molecule has 1 aromatic heterocycles. The average Bonchev–Trinajstić information content (AvgIpc) is 2.19. The number of nitrogens with zero attached hydrogens (tertiary/aromatic N) is 1. The standard InChI is InChI=1S/C11H17ClN2/c1-4-7(2)8(3)10-5-9(12)6-14-11(10)13/h5-8H,4H2,1-3H3,(H2,13,14).